The molecule has 5 heteroatoms. The van der Waals surface area contributed by atoms with Crippen LogP contribution < -0.4 is 9.47 Å². The van der Waals surface area contributed by atoms with Gasteiger partial charge >= 0.3 is 0 Å². The summed E-state index contributed by atoms with van der Waals surface area (Å²) in [6, 6.07) is 15.4. The van der Waals surface area contributed by atoms with Crippen molar-refractivity contribution in [3.8, 4) is 29.0 Å². The zero-order chi connectivity index (χ0) is 16.9. The summed E-state index contributed by atoms with van der Waals surface area (Å²) in [7, 11) is 3.25. The maximum atomic E-state index is 9.06. The van der Waals surface area contributed by atoms with Gasteiger partial charge in [0.2, 0.25) is 0 Å². The van der Waals surface area contributed by atoms with Gasteiger partial charge in [-0.15, -0.1) is 0 Å². The first-order valence-electron chi connectivity index (χ1n) is 7.48. The van der Waals surface area contributed by atoms with E-state index in [1.165, 1.54) is 0 Å². The van der Waals surface area contributed by atoms with E-state index in [1.54, 1.807) is 26.5 Å². The van der Waals surface area contributed by atoms with Crippen LogP contribution in [0.1, 0.15) is 11.1 Å². The molecule has 3 aromatic rings. The number of hydrogen-bond acceptors (Lipinski definition) is 4. The molecule has 24 heavy (non-hydrogen) atoms. The van der Waals surface area contributed by atoms with Crippen molar-refractivity contribution in [1.29, 1.82) is 5.26 Å². The first-order valence-corrected chi connectivity index (χ1v) is 7.48. The highest BCUT2D eigenvalue weighted by Gasteiger charge is 2.17. The molecule has 1 heterocycles. The van der Waals surface area contributed by atoms with Gasteiger partial charge in [0.05, 0.1) is 25.9 Å². The molecule has 2 aromatic carbocycles. The Balaban J connectivity index is 2.04. The average molecular weight is 319 g/mol. The van der Waals surface area contributed by atoms with Crippen LogP contribution in [0.25, 0.3) is 11.4 Å². The van der Waals surface area contributed by atoms with Crippen LogP contribution in [0.15, 0.2) is 54.9 Å². The number of ether oxygens (including phenoxy) is 2. The Hall–Kier alpha value is -3.26. The standard InChI is InChI=1S/C19H17N3O2/c1-23-16-7-4-8-17(24-2)18(16)19-21-9-10-22(19)13-15-6-3-5-14(11-15)12-20/h3-11H,13H2,1-2H3. The lowest BCUT2D eigenvalue weighted by atomic mass is 10.1. The Morgan fingerprint density at radius 1 is 1.08 bits per heavy atom. The van der Waals surface area contributed by atoms with Crippen molar-refractivity contribution in [3.05, 3.63) is 66.0 Å². The first kappa shape index (κ1) is 15.6. The summed E-state index contributed by atoms with van der Waals surface area (Å²) >= 11 is 0. The molecule has 0 aliphatic rings. The fourth-order valence-electron chi connectivity index (χ4n) is 2.67. The quantitative estimate of drug-likeness (QED) is 0.722. The number of methoxy groups -OCH3 is 2. The van der Waals surface area contributed by atoms with Crippen LogP contribution in [-0.2, 0) is 6.54 Å². The van der Waals surface area contributed by atoms with Gasteiger partial charge in [0.15, 0.2) is 0 Å². The highest BCUT2D eigenvalue weighted by Crippen LogP contribution is 2.37. The van der Waals surface area contributed by atoms with Crippen LogP contribution >= 0.6 is 0 Å². The number of nitriles is 1. The zero-order valence-corrected chi connectivity index (χ0v) is 13.6. The Bertz CT molecular complexity index is 871. The number of rotatable bonds is 5. The smallest absolute Gasteiger partial charge is 0.147 e. The van der Waals surface area contributed by atoms with Crippen LogP contribution in [0, 0.1) is 11.3 Å². The van der Waals surface area contributed by atoms with E-state index in [9.17, 15) is 0 Å². The molecule has 0 saturated heterocycles. The third-order valence-corrected chi connectivity index (χ3v) is 3.78. The van der Waals surface area contributed by atoms with Crippen molar-refractivity contribution in [2.24, 2.45) is 0 Å². The fraction of sp³-hybridized carbons (Fsp3) is 0.158. The second-order valence-electron chi connectivity index (χ2n) is 5.23. The summed E-state index contributed by atoms with van der Waals surface area (Å²) in [5.74, 6) is 2.16. The van der Waals surface area contributed by atoms with Gasteiger partial charge < -0.3 is 14.0 Å². The Morgan fingerprint density at radius 2 is 1.79 bits per heavy atom. The molecular weight excluding hydrogens is 302 g/mol. The molecule has 5 nitrogen and oxygen atoms in total. The molecule has 0 spiro atoms. The van der Waals surface area contributed by atoms with Gasteiger partial charge in [0, 0.05) is 18.9 Å². The molecule has 0 radical (unpaired) electrons. The van der Waals surface area contributed by atoms with Crippen LogP contribution in [0.5, 0.6) is 11.5 Å². The maximum absolute atomic E-state index is 9.06. The van der Waals surface area contributed by atoms with E-state index in [-0.39, 0.29) is 0 Å². The summed E-state index contributed by atoms with van der Waals surface area (Å²) < 4.78 is 13.0. The molecule has 0 aliphatic heterocycles. The Labute approximate surface area is 140 Å². The molecule has 0 bridgehead atoms. The molecule has 3 rings (SSSR count). The highest BCUT2D eigenvalue weighted by atomic mass is 16.5. The lowest BCUT2D eigenvalue weighted by molar-refractivity contribution is 0.396. The molecule has 0 amide bonds. The minimum atomic E-state index is 0.603. The Morgan fingerprint density at radius 3 is 2.46 bits per heavy atom. The van der Waals surface area contributed by atoms with Crippen LogP contribution in [-0.4, -0.2) is 23.8 Å². The number of aromatic nitrogens is 2. The Kier molecular flexibility index (Phi) is 4.48. The van der Waals surface area contributed by atoms with Gasteiger partial charge in [-0.05, 0) is 29.8 Å². The summed E-state index contributed by atoms with van der Waals surface area (Å²) in [5.41, 5.74) is 2.48. The van der Waals surface area contributed by atoms with E-state index in [4.69, 9.17) is 14.7 Å². The van der Waals surface area contributed by atoms with Crippen molar-refractivity contribution >= 4 is 0 Å². The summed E-state index contributed by atoms with van der Waals surface area (Å²) in [5, 5.41) is 9.06. The molecule has 0 atom stereocenters. The van der Waals surface area contributed by atoms with Crippen LogP contribution in [0.4, 0.5) is 0 Å². The molecule has 120 valence electrons. The van der Waals surface area contributed by atoms with Crippen LogP contribution in [0.2, 0.25) is 0 Å². The topological polar surface area (TPSA) is 60.1 Å². The van der Waals surface area contributed by atoms with E-state index in [0.717, 1.165) is 17.0 Å². The molecule has 0 unspecified atom stereocenters. The van der Waals surface area contributed by atoms with E-state index in [0.29, 0.717) is 23.6 Å². The molecule has 0 N–H and O–H groups in total. The summed E-state index contributed by atoms with van der Waals surface area (Å²) in [6.45, 7) is 0.603. The zero-order valence-electron chi connectivity index (χ0n) is 13.6. The highest BCUT2D eigenvalue weighted by molar-refractivity contribution is 5.72. The molecule has 0 aliphatic carbocycles. The third kappa shape index (κ3) is 2.95. The van der Waals surface area contributed by atoms with Gasteiger partial charge in [-0.2, -0.15) is 5.26 Å². The number of nitrogens with zero attached hydrogens (tertiary/aromatic N) is 3. The lowest BCUT2D eigenvalue weighted by Crippen LogP contribution is -2.03. The van der Waals surface area contributed by atoms with Crippen molar-refractivity contribution in [2.45, 2.75) is 6.54 Å². The van der Waals surface area contributed by atoms with Gasteiger partial charge in [0.1, 0.15) is 22.9 Å². The van der Waals surface area contributed by atoms with Crippen LogP contribution in [0.3, 0.4) is 0 Å². The van der Waals surface area contributed by atoms with E-state index < -0.39 is 0 Å². The molecular formula is C19H17N3O2. The molecule has 0 saturated carbocycles. The fourth-order valence-corrected chi connectivity index (χ4v) is 2.67. The van der Waals surface area contributed by atoms with Gasteiger partial charge in [-0.25, -0.2) is 4.98 Å². The van der Waals surface area contributed by atoms with Crippen molar-refractivity contribution in [1.82, 2.24) is 9.55 Å². The normalized spacial score (nSPS) is 10.2. The summed E-state index contributed by atoms with van der Waals surface area (Å²) in [4.78, 5) is 4.48. The van der Waals surface area contributed by atoms with Crippen molar-refractivity contribution in [3.63, 3.8) is 0 Å². The predicted octanol–water partition coefficient (Wildman–Crippen LogP) is 3.49. The third-order valence-electron chi connectivity index (χ3n) is 3.78. The maximum Gasteiger partial charge on any atom is 0.147 e. The predicted molar refractivity (Wildman–Crippen MR) is 91.0 cm³/mol. The SMILES string of the molecule is COc1cccc(OC)c1-c1nccn1Cc1cccc(C#N)c1. The number of hydrogen-bond donors (Lipinski definition) is 0. The van der Waals surface area contributed by atoms with E-state index >= 15 is 0 Å². The monoisotopic (exact) mass is 319 g/mol. The average Bonchev–Trinajstić information content (AvgIpc) is 3.08. The van der Waals surface area contributed by atoms with Crippen molar-refractivity contribution in [2.75, 3.05) is 14.2 Å². The first-order chi connectivity index (χ1) is 11.8. The molecule has 0 fully saturated rings. The lowest BCUT2D eigenvalue weighted by Gasteiger charge is -2.14. The number of imidazole rings is 1. The van der Waals surface area contributed by atoms with Gasteiger partial charge in [-0.1, -0.05) is 18.2 Å². The van der Waals surface area contributed by atoms with Gasteiger partial charge in [-0.3, -0.25) is 0 Å². The second-order valence-corrected chi connectivity index (χ2v) is 5.23. The van der Waals surface area contributed by atoms with Crippen molar-refractivity contribution < 1.29 is 9.47 Å². The minimum absolute atomic E-state index is 0.603. The number of benzene rings is 2. The largest absolute Gasteiger partial charge is 0.496 e. The molecule has 1 aromatic heterocycles. The van der Waals surface area contributed by atoms with Gasteiger partial charge in [0.25, 0.3) is 0 Å². The summed E-state index contributed by atoms with van der Waals surface area (Å²) in [6.07, 6.45) is 3.65. The second kappa shape index (κ2) is 6.88. The van der Waals surface area contributed by atoms with E-state index in [2.05, 4.69) is 11.1 Å². The van der Waals surface area contributed by atoms with E-state index in [1.807, 2.05) is 47.2 Å². The minimum Gasteiger partial charge on any atom is -0.496 e.